The van der Waals surface area contributed by atoms with Crippen LogP contribution < -0.4 is 5.32 Å². The summed E-state index contributed by atoms with van der Waals surface area (Å²) in [6, 6.07) is 9.71. The quantitative estimate of drug-likeness (QED) is 0.890. The Morgan fingerprint density at radius 2 is 2.11 bits per heavy atom. The SMILES string of the molecule is C[C@@H](NC(=O)Cc1ccccc1)c1cnn(C)c1. The van der Waals surface area contributed by atoms with Crippen molar-refractivity contribution in [1.29, 1.82) is 0 Å². The number of benzene rings is 1. The molecule has 0 radical (unpaired) electrons. The zero-order valence-corrected chi connectivity index (χ0v) is 10.6. The summed E-state index contributed by atoms with van der Waals surface area (Å²) in [5.74, 6) is 0.0255. The lowest BCUT2D eigenvalue weighted by molar-refractivity contribution is -0.121. The number of nitrogens with zero attached hydrogens (tertiary/aromatic N) is 2. The minimum Gasteiger partial charge on any atom is -0.349 e. The van der Waals surface area contributed by atoms with Gasteiger partial charge in [0.2, 0.25) is 5.91 Å². The Hall–Kier alpha value is -2.10. The van der Waals surface area contributed by atoms with Crippen molar-refractivity contribution in [3.8, 4) is 0 Å². The van der Waals surface area contributed by atoms with Crippen molar-refractivity contribution in [1.82, 2.24) is 15.1 Å². The molecule has 4 nitrogen and oxygen atoms in total. The fourth-order valence-corrected chi connectivity index (χ4v) is 1.82. The number of rotatable bonds is 4. The van der Waals surface area contributed by atoms with Gasteiger partial charge in [0.05, 0.1) is 18.7 Å². The molecule has 1 aromatic heterocycles. The van der Waals surface area contributed by atoms with E-state index in [0.29, 0.717) is 6.42 Å². The van der Waals surface area contributed by atoms with E-state index in [9.17, 15) is 4.79 Å². The fourth-order valence-electron chi connectivity index (χ4n) is 1.82. The van der Waals surface area contributed by atoms with Gasteiger partial charge >= 0.3 is 0 Å². The van der Waals surface area contributed by atoms with Crippen molar-refractivity contribution in [2.75, 3.05) is 0 Å². The first-order valence-electron chi connectivity index (χ1n) is 5.97. The van der Waals surface area contributed by atoms with Crippen LogP contribution in [0.15, 0.2) is 42.7 Å². The van der Waals surface area contributed by atoms with Crippen molar-refractivity contribution < 1.29 is 4.79 Å². The van der Waals surface area contributed by atoms with E-state index in [1.165, 1.54) is 0 Å². The van der Waals surface area contributed by atoms with E-state index in [1.54, 1.807) is 10.9 Å². The molecule has 0 aliphatic carbocycles. The summed E-state index contributed by atoms with van der Waals surface area (Å²) < 4.78 is 1.73. The zero-order chi connectivity index (χ0) is 13.0. The van der Waals surface area contributed by atoms with Gasteiger partial charge < -0.3 is 5.32 Å². The molecule has 94 valence electrons. The van der Waals surface area contributed by atoms with Crippen molar-refractivity contribution in [2.24, 2.45) is 7.05 Å². The highest BCUT2D eigenvalue weighted by atomic mass is 16.1. The lowest BCUT2D eigenvalue weighted by atomic mass is 10.1. The van der Waals surface area contributed by atoms with Gasteiger partial charge in [-0.3, -0.25) is 9.48 Å². The molecule has 1 heterocycles. The van der Waals surface area contributed by atoms with Gasteiger partial charge in [-0.05, 0) is 12.5 Å². The minimum absolute atomic E-state index is 0.0186. The lowest BCUT2D eigenvalue weighted by Gasteiger charge is -2.12. The Bertz CT molecular complexity index is 519. The number of hydrogen-bond donors (Lipinski definition) is 1. The van der Waals surface area contributed by atoms with Crippen LogP contribution in [0.4, 0.5) is 0 Å². The predicted octanol–water partition coefficient (Wildman–Crippen LogP) is 1.84. The molecular weight excluding hydrogens is 226 g/mol. The van der Waals surface area contributed by atoms with Gasteiger partial charge in [0.25, 0.3) is 0 Å². The largest absolute Gasteiger partial charge is 0.349 e. The molecule has 18 heavy (non-hydrogen) atoms. The van der Waals surface area contributed by atoms with Crippen LogP contribution in [-0.2, 0) is 18.3 Å². The van der Waals surface area contributed by atoms with E-state index in [0.717, 1.165) is 11.1 Å². The Labute approximate surface area is 107 Å². The van der Waals surface area contributed by atoms with Gasteiger partial charge in [0.1, 0.15) is 0 Å². The number of carbonyl (C=O) groups excluding carboxylic acids is 1. The molecule has 2 aromatic rings. The zero-order valence-electron chi connectivity index (χ0n) is 10.6. The second kappa shape index (κ2) is 5.49. The van der Waals surface area contributed by atoms with Gasteiger partial charge in [-0.1, -0.05) is 30.3 Å². The van der Waals surface area contributed by atoms with Gasteiger partial charge in [0.15, 0.2) is 0 Å². The first-order chi connectivity index (χ1) is 8.65. The number of carbonyl (C=O) groups is 1. The molecule has 0 unspecified atom stereocenters. The predicted molar refractivity (Wildman–Crippen MR) is 69.9 cm³/mol. The van der Waals surface area contributed by atoms with Crippen LogP contribution in [0.3, 0.4) is 0 Å². The Balaban J connectivity index is 1.92. The third-order valence-electron chi connectivity index (χ3n) is 2.81. The van der Waals surface area contributed by atoms with Crippen molar-refractivity contribution in [2.45, 2.75) is 19.4 Å². The van der Waals surface area contributed by atoms with Gasteiger partial charge in [0, 0.05) is 18.8 Å². The second-order valence-electron chi connectivity index (χ2n) is 4.40. The fraction of sp³-hybridized carbons (Fsp3) is 0.286. The van der Waals surface area contributed by atoms with Gasteiger partial charge in [-0.2, -0.15) is 5.10 Å². The maximum absolute atomic E-state index is 11.9. The van der Waals surface area contributed by atoms with E-state index in [1.807, 2.05) is 50.5 Å². The number of hydrogen-bond acceptors (Lipinski definition) is 2. The monoisotopic (exact) mass is 243 g/mol. The highest BCUT2D eigenvalue weighted by Crippen LogP contribution is 2.10. The molecule has 1 aromatic carbocycles. The Morgan fingerprint density at radius 1 is 1.39 bits per heavy atom. The number of amides is 1. The molecule has 0 bridgehead atoms. The van der Waals surface area contributed by atoms with Crippen LogP contribution in [0, 0.1) is 0 Å². The number of nitrogens with one attached hydrogen (secondary N) is 1. The number of aromatic nitrogens is 2. The lowest BCUT2D eigenvalue weighted by Crippen LogP contribution is -2.27. The normalized spacial score (nSPS) is 12.1. The summed E-state index contributed by atoms with van der Waals surface area (Å²) >= 11 is 0. The molecular formula is C14H17N3O. The van der Waals surface area contributed by atoms with Crippen molar-refractivity contribution in [3.05, 3.63) is 53.9 Å². The van der Waals surface area contributed by atoms with Crippen LogP contribution >= 0.6 is 0 Å². The third-order valence-corrected chi connectivity index (χ3v) is 2.81. The summed E-state index contributed by atoms with van der Waals surface area (Å²) in [5.41, 5.74) is 2.03. The van der Waals surface area contributed by atoms with Gasteiger partial charge in [-0.15, -0.1) is 0 Å². The first-order valence-corrected chi connectivity index (χ1v) is 5.97. The maximum Gasteiger partial charge on any atom is 0.224 e. The highest BCUT2D eigenvalue weighted by Gasteiger charge is 2.11. The van der Waals surface area contributed by atoms with Crippen LogP contribution in [-0.4, -0.2) is 15.7 Å². The standard InChI is InChI=1S/C14H17N3O/c1-11(13-9-15-17(2)10-13)16-14(18)8-12-6-4-3-5-7-12/h3-7,9-11H,8H2,1-2H3,(H,16,18)/t11-/m1/s1. The second-order valence-corrected chi connectivity index (χ2v) is 4.40. The molecule has 0 spiro atoms. The minimum atomic E-state index is -0.0186. The molecule has 2 rings (SSSR count). The summed E-state index contributed by atoms with van der Waals surface area (Å²) in [7, 11) is 1.86. The molecule has 1 amide bonds. The number of aryl methyl sites for hydroxylation is 1. The summed E-state index contributed by atoms with van der Waals surface area (Å²) in [6.45, 7) is 1.96. The van der Waals surface area contributed by atoms with Crippen LogP contribution in [0.25, 0.3) is 0 Å². The maximum atomic E-state index is 11.9. The van der Waals surface area contributed by atoms with Crippen molar-refractivity contribution in [3.63, 3.8) is 0 Å². The average molecular weight is 243 g/mol. The molecule has 4 heteroatoms. The third kappa shape index (κ3) is 3.20. The van der Waals surface area contributed by atoms with E-state index in [2.05, 4.69) is 10.4 Å². The topological polar surface area (TPSA) is 46.9 Å². The van der Waals surface area contributed by atoms with Crippen LogP contribution in [0.5, 0.6) is 0 Å². The van der Waals surface area contributed by atoms with E-state index < -0.39 is 0 Å². The molecule has 1 N–H and O–H groups in total. The average Bonchev–Trinajstić information content (AvgIpc) is 2.77. The summed E-state index contributed by atoms with van der Waals surface area (Å²) in [6.07, 6.45) is 4.09. The summed E-state index contributed by atoms with van der Waals surface area (Å²) in [4.78, 5) is 11.9. The highest BCUT2D eigenvalue weighted by molar-refractivity contribution is 5.78. The van der Waals surface area contributed by atoms with E-state index in [-0.39, 0.29) is 11.9 Å². The molecule has 0 fully saturated rings. The van der Waals surface area contributed by atoms with Crippen molar-refractivity contribution >= 4 is 5.91 Å². The van der Waals surface area contributed by atoms with Gasteiger partial charge in [-0.25, -0.2) is 0 Å². The first kappa shape index (κ1) is 12.4. The molecule has 0 saturated heterocycles. The molecule has 0 saturated carbocycles. The molecule has 1 atom stereocenters. The van der Waals surface area contributed by atoms with Crippen LogP contribution in [0.1, 0.15) is 24.1 Å². The van der Waals surface area contributed by atoms with E-state index in [4.69, 9.17) is 0 Å². The Morgan fingerprint density at radius 3 is 2.72 bits per heavy atom. The Kier molecular flexibility index (Phi) is 3.77. The molecule has 0 aliphatic heterocycles. The summed E-state index contributed by atoms with van der Waals surface area (Å²) in [5, 5.41) is 7.06. The smallest absolute Gasteiger partial charge is 0.224 e. The van der Waals surface area contributed by atoms with Crippen LogP contribution in [0.2, 0.25) is 0 Å². The van der Waals surface area contributed by atoms with E-state index >= 15 is 0 Å². The molecule has 0 aliphatic rings.